The summed E-state index contributed by atoms with van der Waals surface area (Å²) in [4.78, 5) is 16.9. The van der Waals surface area contributed by atoms with Crippen molar-refractivity contribution in [2.45, 2.75) is 44.6 Å². The third-order valence-electron chi connectivity index (χ3n) is 5.65. The highest BCUT2D eigenvalue weighted by molar-refractivity contribution is 5.74. The maximum absolute atomic E-state index is 12.4. The lowest BCUT2D eigenvalue weighted by molar-refractivity contribution is 0.100. The summed E-state index contributed by atoms with van der Waals surface area (Å²) in [6.07, 6.45) is 8.15. The van der Waals surface area contributed by atoms with Gasteiger partial charge in [-0.15, -0.1) is 0 Å². The van der Waals surface area contributed by atoms with Gasteiger partial charge in [-0.25, -0.2) is 4.79 Å². The van der Waals surface area contributed by atoms with Crippen LogP contribution >= 0.6 is 0 Å². The van der Waals surface area contributed by atoms with Crippen molar-refractivity contribution in [1.82, 2.24) is 15.1 Å². The highest BCUT2D eigenvalue weighted by Gasteiger charge is 2.26. The Morgan fingerprint density at radius 1 is 1.00 bits per heavy atom. The summed E-state index contributed by atoms with van der Waals surface area (Å²) < 4.78 is 10.8. The highest BCUT2D eigenvalue weighted by atomic mass is 16.5. The third-order valence-corrected chi connectivity index (χ3v) is 5.65. The van der Waals surface area contributed by atoms with Crippen molar-refractivity contribution < 1.29 is 14.3 Å². The molecular formula is C21H33N3O3. The first kappa shape index (κ1) is 19.8. The fraction of sp³-hybridized carbons (Fsp3) is 0.667. The molecule has 6 heteroatoms. The fourth-order valence-corrected chi connectivity index (χ4v) is 4.02. The second-order valence-corrected chi connectivity index (χ2v) is 7.42. The summed E-state index contributed by atoms with van der Waals surface area (Å²) in [6, 6.07) is 8.22. The van der Waals surface area contributed by atoms with Crippen molar-refractivity contribution >= 4 is 6.03 Å². The first-order chi connectivity index (χ1) is 13.3. The second kappa shape index (κ2) is 10.4. The van der Waals surface area contributed by atoms with Crippen LogP contribution in [-0.4, -0.2) is 68.3 Å². The summed E-state index contributed by atoms with van der Waals surface area (Å²) in [5.41, 5.74) is 0. The van der Waals surface area contributed by atoms with Crippen molar-refractivity contribution in [3.8, 4) is 11.5 Å². The van der Waals surface area contributed by atoms with Crippen LogP contribution in [0.15, 0.2) is 24.3 Å². The quantitative estimate of drug-likeness (QED) is 0.613. The van der Waals surface area contributed by atoms with Gasteiger partial charge in [-0.3, -0.25) is 4.90 Å². The smallest absolute Gasteiger partial charge is 0.317 e. The molecule has 1 aromatic rings. The van der Waals surface area contributed by atoms with Crippen molar-refractivity contribution in [3.63, 3.8) is 0 Å². The first-order valence-electron chi connectivity index (χ1n) is 10.3. The maximum atomic E-state index is 12.4. The molecule has 1 aliphatic heterocycles. The normalized spacial score (nSPS) is 19.4. The minimum absolute atomic E-state index is 0.0221. The Labute approximate surface area is 162 Å². The van der Waals surface area contributed by atoms with Crippen molar-refractivity contribution in [2.24, 2.45) is 0 Å². The molecule has 1 aromatic carbocycles. The minimum Gasteiger partial charge on any atom is -0.497 e. The van der Waals surface area contributed by atoms with Crippen LogP contribution in [0.2, 0.25) is 0 Å². The largest absolute Gasteiger partial charge is 0.497 e. The molecule has 2 aliphatic rings. The van der Waals surface area contributed by atoms with Gasteiger partial charge in [0.25, 0.3) is 0 Å². The molecule has 0 radical (unpaired) electrons. The summed E-state index contributed by atoms with van der Waals surface area (Å²) in [6.45, 7) is 4.61. The van der Waals surface area contributed by atoms with Crippen LogP contribution in [0.25, 0.3) is 0 Å². The van der Waals surface area contributed by atoms with Gasteiger partial charge in [0.1, 0.15) is 18.1 Å². The molecule has 3 rings (SSSR count). The van der Waals surface area contributed by atoms with E-state index in [0.29, 0.717) is 13.2 Å². The average Bonchev–Trinajstić information content (AvgIpc) is 3.01. The third kappa shape index (κ3) is 6.03. The predicted octanol–water partition coefficient (Wildman–Crippen LogP) is 3.12. The maximum Gasteiger partial charge on any atom is 0.317 e. The monoisotopic (exact) mass is 375 g/mol. The van der Waals surface area contributed by atoms with E-state index in [2.05, 4.69) is 10.2 Å². The van der Waals surface area contributed by atoms with Crippen LogP contribution in [0.3, 0.4) is 0 Å². The van der Waals surface area contributed by atoms with E-state index in [9.17, 15) is 4.79 Å². The summed E-state index contributed by atoms with van der Waals surface area (Å²) >= 11 is 0. The van der Waals surface area contributed by atoms with Crippen molar-refractivity contribution in [2.75, 3.05) is 46.4 Å². The van der Waals surface area contributed by atoms with Gasteiger partial charge in [-0.05, 0) is 37.1 Å². The number of carbonyl (C=O) groups excluding carboxylic acids is 1. The van der Waals surface area contributed by atoms with Crippen molar-refractivity contribution in [1.29, 1.82) is 0 Å². The molecule has 1 saturated heterocycles. The number of rotatable bonds is 6. The first-order valence-corrected chi connectivity index (χ1v) is 10.3. The molecule has 27 heavy (non-hydrogen) atoms. The van der Waals surface area contributed by atoms with Gasteiger partial charge in [0.2, 0.25) is 0 Å². The van der Waals surface area contributed by atoms with Gasteiger partial charge in [-0.1, -0.05) is 25.7 Å². The molecular weight excluding hydrogens is 342 g/mol. The van der Waals surface area contributed by atoms with Gasteiger partial charge >= 0.3 is 6.03 Å². The van der Waals surface area contributed by atoms with Crippen LogP contribution < -0.4 is 14.8 Å². The zero-order valence-corrected chi connectivity index (χ0v) is 16.5. The van der Waals surface area contributed by atoms with E-state index < -0.39 is 0 Å². The summed E-state index contributed by atoms with van der Waals surface area (Å²) in [5, 5.41) is 2.97. The number of carbonyl (C=O) groups is 1. The lowest BCUT2D eigenvalue weighted by Gasteiger charge is -2.39. The number of nitrogens with zero attached hydrogens (tertiary/aromatic N) is 2. The van der Waals surface area contributed by atoms with Gasteiger partial charge in [0, 0.05) is 32.2 Å². The van der Waals surface area contributed by atoms with E-state index in [1.54, 1.807) is 7.11 Å². The van der Waals surface area contributed by atoms with E-state index >= 15 is 0 Å². The standard InChI is InChI=1S/C21H33N3O3/c1-26-19-8-10-20(11-9-19)27-17-12-22-21(25)24-15-13-23(14-16-24)18-6-4-2-3-5-7-18/h8-11,18H,2-7,12-17H2,1H3,(H,22,25). The molecule has 0 spiro atoms. The highest BCUT2D eigenvalue weighted by Crippen LogP contribution is 2.23. The van der Waals surface area contributed by atoms with E-state index in [1.807, 2.05) is 29.2 Å². The Bertz CT molecular complexity index is 563. The Morgan fingerprint density at radius 3 is 2.26 bits per heavy atom. The number of ether oxygens (including phenoxy) is 2. The molecule has 0 bridgehead atoms. The molecule has 2 amide bonds. The molecule has 0 aromatic heterocycles. The molecule has 0 unspecified atom stereocenters. The number of piperazine rings is 1. The number of benzene rings is 1. The van der Waals surface area contributed by atoms with Crippen LogP contribution in [0.1, 0.15) is 38.5 Å². The molecule has 2 fully saturated rings. The second-order valence-electron chi connectivity index (χ2n) is 7.42. The van der Waals surface area contributed by atoms with Gasteiger partial charge in [-0.2, -0.15) is 0 Å². The Hall–Kier alpha value is -1.95. The molecule has 0 atom stereocenters. The molecule has 1 aliphatic carbocycles. The Morgan fingerprint density at radius 2 is 1.63 bits per heavy atom. The number of hydrogen-bond acceptors (Lipinski definition) is 4. The zero-order valence-electron chi connectivity index (χ0n) is 16.5. The molecule has 1 saturated carbocycles. The van der Waals surface area contributed by atoms with Gasteiger partial charge in [0.05, 0.1) is 13.7 Å². The Balaban J connectivity index is 1.32. The van der Waals surface area contributed by atoms with Crippen molar-refractivity contribution in [3.05, 3.63) is 24.3 Å². The van der Waals surface area contributed by atoms with E-state index in [-0.39, 0.29) is 6.03 Å². The fourth-order valence-electron chi connectivity index (χ4n) is 4.02. The molecule has 1 heterocycles. The van der Waals surface area contributed by atoms with Gasteiger partial charge < -0.3 is 19.7 Å². The number of amides is 2. The van der Waals surface area contributed by atoms with Crippen LogP contribution in [0.5, 0.6) is 11.5 Å². The molecule has 6 nitrogen and oxygen atoms in total. The molecule has 1 N–H and O–H groups in total. The lowest BCUT2D eigenvalue weighted by atomic mass is 10.1. The van der Waals surface area contributed by atoms with E-state index in [0.717, 1.165) is 43.7 Å². The van der Waals surface area contributed by atoms with Crippen LogP contribution in [0, 0.1) is 0 Å². The number of hydrogen-bond donors (Lipinski definition) is 1. The number of nitrogens with one attached hydrogen (secondary N) is 1. The molecule has 150 valence electrons. The van der Waals surface area contributed by atoms with Crippen LogP contribution in [0.4, 0.5) is 4.79 Å². The predicted molar refractivity (Wildman–Crippen MR) is 107 cm³/mol. The van der Waals surface area contributed by atoms with Crippen LogP contribution in [-0.2, 0) is 0 Å². The average molecular weight is 376 g/mol. The van der Waals surface area contributed by atoms with E-state index in [4.69, 9.17) is 9.47 Å². The minimum atomic E-state index is 0.0221. The number of methoxy groups -OCH3 is 1. The lowest BCUT2D eigenvalue weighted by Crippen LogP contribution is -2.54. The van der Waals surface area contributed by atoms with Gasteiger partial charge in [0.15, 0.2) is 0 Å². The topological polar surface area (TPSA) is 54.0 Å². The van der Waals surface area contributed by atoms with E-state index in [1.165, 1.54) is 38.5 Å². The zero-order chi connectivity index (χ0) is 18.9. The Kier molecular flexibility index (Phi) is 7.63. The SMILES string of the molecule is COc1ccc(OCCNC(=O)N2CCN(C3CCCCCC3)CC2)cc1. The summed E-state index contributed by atoms with van der Waals surface area (Å²) in [7, 11) is 1.64. The number of urea groups is 1. The summed E-state index contributed by atoms with van der Waals surface area (Å²) in [5.74, 6) is 1.58.